The standard InChI is InChI=1S/C6H7NO4/c1-3(9)5-4(2-8)7-11-6(5)10/h7-8H,2H2,1H3. The Morgan fingerprint density at radius 2 is 2.36 bits per heavy atom. The Morgan fingerprint density at radius 1 is 1.73 bits per heavy atom. The highest BCUT2D eigenvalue weighted by Crippen LogP contribution is 2.00. The molecule has 1 heterocycles. The fraction of sp³-hybridized carbons (Fsp3) is 0.333. The van der Waals surface area contributed by atoms with Gasteiger partial charge in [0, 0.05) is 0 Å². The van der Waals surface area contributed by atoms with Crippen LogP contribution in [0, 0.1) is 0 Å². The van der Waals surface area contributed by atoms with Crippen molar-refractivity contribution in [3.63, 3.8) is 0 Å². The fourth-order valence-corrected chi connectivity index (χ4v) is 0.801. The normalized spacial score (nSPS) is 10.0. The number of aliphatic hydroxyl groups is 1. The molecule has 0 atom stereocenters. The van der Waals surface area contributed by atoms with E-state index in [1.165, 1.54) is 6.92 Å². The summed E-state index contributed by atoms with van der Waals surface area (Å²) in [5.41, 5.74) is -0.712. The van der Waals surface area contributed by atoms with Crippen molar-refractivity contribution < 1.29 is 14.4 Å². The van der Waals surface area contributed by atoms with Gasteiger partial charge in [0.15, 0.2) is 5.78 Å². The van der Waals surface area contributed by atoms with Crippen LogP contribution in [-0.4, -0.2) is 16.0 Å². The highest BCUT2D eigenvalue weighted by atomic mass is 16.5. The lowest BCUT2D eigenvalue weighted by atomic mass is 10.2. The van der Waals surface area contributed by atoms with Gasteiger partial charge in [0.05, 0.1) is 12.3 Å². The third kappa shape index (κ3) is 1.22. The summed E-state index contributed by atoms with van der Waals surface area (Å²) in [6.45, 7) is 0.833. The quantitative estimate of drug-likeness (QED) is 0.575. The van der Waals surface area contributed by atoms with Crippen LogP contribution in [0.4, 0.5) is 0 Å². The Labute approximate surface area is 61.6 Å². The lowest BCUT2D eigenvalue weighted by Crippen LogP contribution is -2.08. The molecule has 5 nitrogen and oxygen atoms in total. The van der Waals surface area contributed by atoms with Crippen LogP contribution in [0.2, 0.25) is 0 Å². The lowest BCUT2D eigenvalue weighted by Gasteiger charge is -1.88. The second kappa shape index (κ2) is 2.71. The smallest absolute Gasteiger partial charge is 0.368 e. The summed E-state index contributed by atoms with van der Waals surface area (Å²) in [6.07, 6.45) is 0. The molecule has 0 aliphatic heterocycles. The summed E-state index contributed by atoms with van der Waals surface area (Å²) in [4.78, 5) is 21.4. The Hall–Kier alpha value is -1.36. The van der Waals surface area contributed by atoms with Crippen molar-refractivity contribution in [3.05, 3.63) is 21.7 Å². The summed E-state index contributed by atoms with van der Waals surface area (Å²) >= 11 is 0. The second-order valence-corrected chi connectivity index (χ2v) is 2.06. The van der Waals surface area contributed by atoms with Crippen molar-refractivity contribution in [3.8, 4) is 0 Å². The number of aliphatic hydroxyl groups excluding tert-OH is 1. The van der Waals surface area contributed by atoms with Crippen LogP contribution in [0.1, 0.15) is 23.0 Å². The Kier molecular flexibility index (Phi) is 1.91. The molecule has 1 aromatic rings. The second-order valence-electron chi connectivity index (χ2n) is 2.06. The van der Waals surface area contributed by atoms with Crippen LogP contribution in [-0.2, 0) is 6.61 Å². The molecule has 0 unspecified atom stereocenters. The van der Waals surface area contributed by atoms with Crippen molar-refractivity contribution in [2.24, 2.45) is 0 Å². The SMILES string of the molecule is CC(=O)c1c(CO)[nH]oc1=O. The summed E-state index contributed by atoms with van der Waals surface area (Å²) < 4.78 is 4.29. The van der Waals surface area contributed by atoms with E-state index in [1.807, 2.05) is 0 Å². The van der Waals surface area contributed by atoms with Gasteiger partial charge in [0.2, 0.25) is 0 Å². The average molecular weight is 157 g/mol. The van der Waals surface area contributed by atoms with Crippen LogP contribution < -0.4 is 5.63 Å². The molecule has 0 radical (unpaired) electrons. The number of carbonyl (C=O) groups is 1. The molecule has 0 bridgehead atoms. The van der Waals surface area contributed by atoms with Gasteiger partial charge < -0.3 is 9.63 Å². The monoisotopic (exact) mass is 157 g/mol. The van der Waals surface area contributed by atoms with Gasteiger partial charge in [-0.2, -0.15) is 0 Å². The van der Waals surface area contributed by atoms with E-state index in [-0.39, 0.29) is 11.3 Å². The van der Waals surface area contributed by atoms with Crippen LogP contribution >= 0.6 is 0 Å². The van der Waals surface area contributed by atoms with Gasteiger partial charge in [-0.15, -0.1) is 0 Å². The van der Waals surface area contributed by atoms with E-state index in [1.54, 1.807) is 0 Å². The molecule has 2 N–H and O–H groups in total. The lowest BCUT2D eigenvalue weighted by molar-refractivity contribution is 0.101. The van der Waals surface area contributed by atoms with E-state index >= 15 is 0 Å². The number of hydrogen-bond donors (Lipinski definition) is 2. The van der Waals surface area contributed by atoms with Crippen LogP contribution in [0.3, 0.4) is 0 Å². The van der Waals surface area contributed by atoms with Gasteiger partial charge in [0.1, 0.15) is 5.56 Å². The molecule has 0 saturated carbocycles. The van der Waals surface area contributed by atoms with Gasteiger partial charge in [-0.05, 0) is 6.92 Å². The molecule has 1 aromatic heterocycles. The van der Waals surface area contributed by atoms with Crippen molar-refractivity contribution in [1.29, 1.82) is 0 Å². The molecule has 0 fully saturated rings. The Morgan fingerprint density at radius 3 is 2.73 bits per heavy atom. The van der Waals surface area contributed by atoms with E-state index in [4.69, 9.17) is 5.11 Å². The summed E-state index contributed by atoms with van der Waals surface area (Å²) in [7, 11) is 0. The molecule has 5 heteroatoms. The minimum absolute atomic E-state index is 0.104. The van der Waals surface area contributed by atoms with Gasteiger partial charge >= 0.3 is 5.63 Å². The van der Waals surface area contributed by atoms with Crippen molar-refractivity contribution in [2.75, 3.05) is 0 Å². The fourth-order valence-electron chi connectivity index (χ4n) is 0.801. The predicted octanol–water partition coefficient (Wildman–Crippen LogP) is -0.337. The maximum absolute atomic E-state index is 10.7. The van der Waals surface area contributed by atoms with E-state index in [0.717, 1.165) is 0 Å². The Bertz CT molecular complexity index is 322. The number of rotatable bonds is 2. The highest BCUT2D eigenvalue weighted by Gasteiger charge is 2.14. The van der Waals surface area contributed by atoms with Crippen LogP contribution in [0.15, 0.2) is 9.32 Å². The summed E-state index contributed by atoms with van der Waals surface area (Å²) in [5.74, 6) is -0.413. The first-order valence-electron chi connectivity index (χ1n) is 2.99. The van der Waals surface area contributed by atoms with E-state index in [9.17, 15) is 9.59 Å². The van der Waals surface area contributed by atoms with Gasteiger partial charge in [-0.25, -0.2) is 9.95 Å². The molecule has 60 valence electrons. The number of nitrogens with one attached hydrogen (secondary N) is 1. The molecule has 11 heavy (non-hydrogen) atoms. The Balaban J connectivity index is 3.29. The summed E-state index contributed by atoms with van der Waals surface area (Å²) in [5, 5.41) is 10.7. The third-order valence-electron chi connectivity index (χ3n) is 1.28. The van der Waals surface area contributed by atoms with Crippen molar-refractivity contribution in [2.45, 2.75) is 13.5 Å². The molecular formula is C6H7NO4. The number of Topliss-reactive ketones (excluding diaryl/α,β-unsaturated/α-hetero) is 1. The summed E-state index contributed by atoms with van der Waals surface area (Å²) in [6, 6.07) is 0. The first kappa shape index (κ1) is 7.74. The number of hydrogen-bond acceptors (Lipinski definition) is 4. The number of aromatic nitrogens is 1. The highest BCUT2D eigenvalue weighted by molar-refractivity contribution is 5.94. The molecule has 0 aliphatic carbocycles. The number of H-pyrrole nitrogens is 1. The topological polar surface area (TPSA) is 83.3 Å². The average Bonchev–Trinajstić information content (AvgIpc) is 2.30. The van der Waals surface area contributed by atoms with Gasteiger partial charge in [-0.1, -0.05) is 0 Å². The maximum Gasteiger partial charge on any atom is 0.368 e. The van der Waals surface area contributed by atoms with Gasteiger partial charge in [-0.3, -0.25) is 4.79 Å². The molecule has 0 aromatic carbocycles. The van der Waals surface area contributed by atoms with E-state index < -0.39 is 18.0 Å². The molecule has 0 spiro atoms. The van der Waals surface area contributed by atoms with E-state index in [0.29, 0.717) is 0 Å². The first-order valence-corrected chi connectivity index (χ1v) is 2.99. The number of aromatic amines is 1. The molecule has 0 saturated heterocycles. The largest absolute Gasteiger partial charge is 0.390 e. The number of carbonyl (C=O) groups excluding carboxylic acids is 1. The number of ketones is 1. The zero-order valence-electron chi connectivity index (χ0n) is 5.88. The van der Waals surface area contributed by atoms with Crippen molar-refractivity contribution in [1.82, 2.24) is 5.16 Å². The van der Waals surface area contributed by atoms with Crippen molar-refractivity contribution >= 4 is 5.78 Å². The minimum Gasteiger partial charge on any atom is -0.390 e. The minimum atomic E-state index is -0.735. The molecule has 1 rings (SSSR count). The molecular weight excluding hydrogens is 150 g/mol. The predicted molar refractivity (Wildman–Crippen MR) is 35.3 cm³/mol. The van der Waals surface area contributed by atoms with Crippen LogP contribution in [0.25, 0.3) is 0 Å². The molecule has 0 amide bonds. The first-order chi connectivity index (χ1) is 5.16. The van der Waals surface area contributed by atoms with Crippen LogP contribution in [0.5, 0.6) is 0 Å². The van der Waals surface area contributed by atoms with Gasteiger partial charge in [0.25, 0.3) is 0 Å². The third-order valence-corrected chi connectivity index (χ3v) is 1.28. The zero-order chi connectivity index (χ0) is 8.43. The maximum atomic E-state index is 10.7. The van der Waals surface area contributed by atoms with E-state index in [2.05, 4.69) is 9.68 Å². The molecule has 0 aliphatic rings. The zero-order valence-corrected chi connectivity index (χ0v) is 5.88.